The Hall–Kier alpha value is -0.120. The topological polar surface area (TPSA) is 27.3 Å². The summed E-state index contributed by atoms with van der Waals surface area (Å²) in [6, 6.07) is 0. The second kappa shape index (κ2) is 3.47. The molecule has 0 aromatic carbocycles. The Bertz CT molecular complexity index is 199. The van der Waals surface area contributed by atoms with Crippen LogP contribution in [0.5, 0.6) is 0 Å². The van der Waals surface area contributed by atoms with Crippen LogP contribution in [-0.4, -0.2) is 50.7 Å². The minimum absolute atomic E-state index is 0.763. The number of hydrogen-bond donors (Lipinski definition) is 2. The van der Waals surface area contributed by atoms with Crippen LogP contribution >= 0.6 is 0 Å². The van der Waals surface area contributed by atoms with Gasteiger partial charge >= 0.3 is 0 Å². The molecule has 2 heterocycles. The van der Waals surface area contributed by atoms with Gasteiger partial charge in [-0.25, -0.2) is 0 Å². The zero-order valence-electron chi connectivity index (χ0n) is 8.89. The fourth-order valence-corrected chi connectivity index (χ4v) is 3.32. The van der Waals surface area contributed by atoms with E-state index < -0.39 is 0 Å². The molecule has 80 valence electrons. The maximum Gasteiger partial charge on any atom is 0.0107 e. The smallest absolute Gasteiger partial charge is 0.0107 e. The zero-order chi connectivity index (χ0) is 9.43. The van der Waals surface area contributed by atoms with E-state index in [2.05, 4.69) is 15.5 Å². The van der Waals surface area contributed by atoms with E-state index in [1.165, 1.54) is 58.7 Å². The average molecular weight is 195 g/mol. The zero-order valence-corrected chi connectivity index (χ0v) is 8.89. The molecule has 3 nitrogen and oxygen atoms in total. The molecule has 3 fully saturated rings. The SMILES string of the molecule is C1CN(CC2CC3(CNC3)C2)CCN1. The van der Waals surface area contributed by atoms with Crippen LogP contribution < -0.4 is 10.6 Å². The minimum Gasteiger partial charge on any atom is -0.316 e. The maximum atomic E-state index is 3.41. The molecule has 3 aliphatic rings. The molecule has 1 aliphatic carbocycles. The number of nitrogens with one attached hydrogen (secondary N) is 2. The van der Waals surface area contributed by atoms with Gasteiger partial charge in [0.1, 0.15) is 0 Å². The van der Waals surface area contributed by atoms with Crippen molar-refractivity contribution in [1.82, 2.24) is 15.5 Å². The van der Waals surface area contributed by atoms with E-state index in [1.54, 1.807) is 0 Å². The summed E-state index contributed by atoms with van der Waals surface area (Å²) in [4.78, 5) is 2.64. The van der Waals surface area contributed by atoms with Crippen LogP contribution in [0.1, 0.15) is 12.8 Å². The summed E-state index contributed by atoms with van der Waals surface area (Å²) in [5, 5.41) is 6.82. The normalized spacial score (nSPS) is 32.6. The molecular weight excluding hydrogens is 174 g/mol. The van der Waals surface area contributed by atoms with Crippen molar-refractivity contribution in [3.8, 4) is 0 Å². The van der Waals surface area contributed by atoms with Crippen LogP contribution in [-0.2, 0) is 0 Å². The molecule has 1 saturated carbocycles. The highest BCUT2D eigenvalue weighted by Gasteiger charge is 2.48. The molecule has 2 aliphatic heterocycles. The summed E-state index contributed by atoms with van der Waals surface area (Å²) < 4.78 is 0. The number of piperazine rings is 1. The Kier molecular flexibility index (Phi) is 2.26. The summed E-state index contributed by atoms with van der Waals surface area (Å²) in [5.74, 6) is 1.01. The number of rotatable bonds is 2. The summed E-state index contributed by atoms with van der Waals surface area (Å²) in [6.45, 7) is 8.88. The molecular formula is C11H21N3. The van der Waals surface area contributed by atoms with Crippen molar-refractivity contribution in [3.05, 3.63) is 0 Å². The lowest BCUT2D eigenvalue weighted by molar-refractivity contribution is -0.0168. The Morgan fingerprint density at radius 2 is 1.79 bits per heavy atom. The molecule has 0 bridgehead atoms. The van der Waals surface area contributed by atoms with Crippen LogP contribution in [0.15, 0.2) is 0 Å². The van der Waals surface area contributed by atoms with Gasteiger partial charge in [-0.15, -0.1) is 0 Å². The molecule has 2 saturated heterocycles. The van der Waals surface area contributed by atoms with Crippen molar-refractivity contribution >= 4 is 0 Å². The first-order chi connectivity index (χ1) is 6.86. The first-order valence-corrected chi connectivity index (χ1v) is 6.00. The van der Waals surface area contributed by atoms with Gasteiger partial charge in [-0.1, -0.05) is 0 Å². The third kappa shape index (κ3) is 1.58. The van der Waals surface area contributed by atoms with Crippen LogP contribution in [0.2, 0.25) is 0 Å². The minimum atomic E-state index is 0.763. The van der Waals surface area contributed by atoms with E-state index in [0.717, 1.165) is 11.3 Å². The Labute approximate surface area is 86.2 Å². The highest BCUT2D eigenvalue weighted by molar-refractivity contribution is 5.03. The fourth-order valence-electron chi connectivity index (χ4n) is 3.32. The lowest BCUT2D eigenvalue weighted by atomic mass is 9.58. The van der Waals surface area contributed by atoms with Crippen molar-refractivity contribution < 1.29 is 0 Å². The van der Waals surface area contributed by atoms with E-state index in [1.807, 2.05) is 0 Å². The third-order valence-electron chi connectivity index (χ3n) is 4.17. The highest BCUT2D eigenvalue weighted by Crippen LogP contribution is 2.48. The predicted octanol–water partition coefficient (Wildman–Crippen LogP) is -0.109. The lowest BCUT2D eigenvalue weighted by Crippen LogP contribution is -2.62. The number of nitrogens with zero attached hydrogens (tertiary/aromatic N) is 1. The third-order valence-corrected chi connectivity index (χ3v) is 4.17. The van der Waals surface area contributed by atoms with Gasteiger partial charge in [-0.3, -0.25) is 0 Å². The van der Waals surface area contributed by atoms with E-state index in [-0.39, 0.29) is 0 Å². The van der Waals surface area contributed by atoms with Gasteiger partial charge in [-0.05, 0) is 24.2 Å². The molecule has 0 aromatic rings. The van der Waals surface area contributed by atoms with Crippen molar-refractivity contribution in [1.29, 1.82) is 0 Å². The second-order valence-electron chi connectivity index (χ2n) is 5.43. The molecule has 0 aromatic heterocycles. The van der Waals surface area contributed by atoms with Crippen LogP contribution in [0.3, 0.4) is 0 Å². The molecule has 1 spiro atoms. The van der Waals surface area contributed by atoms with Gasteiger partial charge in [0.05, 0.1) is 0 Å². The molecule has 3 heteroatoms. The van der Waals surface area contributed by atoms with E-state index in [9.17, 15) is 0 Å². The molecule has 14 heavy (non-hydrogen) atoms. The summed E-state index contributed by atoms with van der Waals surface area (Å²) in [6.07, 6.45) is 2.98. The largest absolute Gasteiger partial charge is 0.316 e. The van der Waals surface area contributed by atoms with Gasteiger partial charge in [0, 0.05) is 45.8 Å². The first kappa shape index (κ1) is 9.13. The van der Waals surface area contributed by atoms with E-state index in [4.69, 9.17) is 0 Å². The van der Waals surface area contributed by atoms with Crippen molar-refractivity contribution in [2.45, 2.75) is 12.8 Å². The fraction of sp³-hybridized carbons (Fsp3) is 1.00. The first-order valence-electron chi connectivity index (χ1n) is 6.00. The quantitative estimate of drug-likeness (QED) is 0.644. The second-order valence-corrected chi connectivity index (χ2v) is 5.43. The standard InChI is InChI=1S/C11H21N3/c1-3-14(4-2-12-1)7-10-5-11(6-10)8-13-9-11/h10,12-13H,1-9H2. The molecule has 3 rings (SSSR count). The number of hydrogen-bond acceptors (Lipinski definition) is 3. The van der Waals surface area contributed by atoms with Gasteiger partial charge < -0.3 is 15.5 Å². The van der Waals surface area contributed by atoms with Crippen molar-refractivity contribution in [2.75, 3.05) is 45.8 Å². The molecule has 0 unspecified atom stereocenters. The van der Waals surface area contributed by atoms with E-state index >= 15 is 0 Å². The molecule has 2 N–H and O–H groups in total. The predicted molar refractivity (Wildman–Crippen MR) is 57.3 cm³/mol. The van der Waals surface area contributed by atoms with Crippen molar-refractivity contribution in [2.24, 2.45) is 11.3 Å². The lowest BCUT2D eigenvalue weighted by Gasteiger charge is -2.55. The molecule has 0 amide bonds. The van der Waals surface area contributed by atoms with Crippen LogP contribution in [0.25, 0.3) is 0 Å². The van der Waals surface area contributed by atoms with Gasteiger partial charge in [-0.2, -0.15) is 0 Å². The molecule has 0 atom stereocenters. The monoisotopic (exact) mass is 195 g/mol. The Balaban J connectivity index is 1.41. The highest BCUT2D eigenvalue weighted by atomic mass is 15.2. The van der Waals surface area contributed by atoms with Gasteiger partial charge in [0.15, 0.2) is 0 Å². The summed E-state index contributed by atoms with van der Waals surface area (Å²) in [7, 11) is 0. The van der Waals surface area contributed by atoms with Gasteiger partial charge in [0.2, 0.25) is 0 Å². The average Bonchev–Trinajstić information content (AvgIpc) is 2.09. The van der Waals surface area contributed by atoms with Gasteiger partial charge in [0.25, 0.3) is 0 Å². The Morgan fingerprint density at radius 1 is 1.07 bits per heavy atom. The summed E-state index contributed by atoms with van der Waals surface area (Å²) >= 11 is 0. The molecule has 0 radical (unpaired) electrons. The van der Waals surface area contributed by atoms with Crippen LogP contribution in [0, 0.1) is 11.3 Å². The summed E-state index contributed by atoms with van der Waals surface area (Å²) in [5.41, 5.74) is 0.763. The van der Waals surface area contributed by atoms with Crippen LogP contribution in [0.4, 0.5) is 0 Å². The maximum absolute atomic E-state index is 3.41. The van der Waals surface area contributed by atoms with Crippen molar-refractivity contribution in [3.63, 3.8) is 0 Å². The Morgan fingerprint density at radius 3 is 2.36 bits per heavy atom. The van der Waals surface area contributed by atoms with E-state index in [0.29, 0.717) is 0 Å².